The lowest BCUT2D eigenvalue weighted by atomic mass is 9.95. The van der Waals surface area contributed by atoms with Crippen molar-refractivity contribution in [1.29, 1.82) is 0 Å². The van der Waals surface area contributed by atoms with E-state index < -0.39 is 0 Å². The molecule has 2 rings (SSSR count). The molecule has 0 aliphatic heterocycles. The molecule has 0 N–H and O–H groups in total. The van der Waals surface area contributed by atoms with Crippen LogP contribution in [0.3, 0.4) is 0 Å². The number of hydrogen-bond donors (Lipinski definition) is 0. The third-order valence-corrected chi connectivity index (χ3v) is 3.96. The zero-order chi connectivity index (χ0) is 15.4. The average Bonchev–Trinajstić information content (AvgIpc) is 2.48. The lowest BCUT2D eigenvalue weighted by Crippen LogP contribution is -1.92. The molecular formula is C20H23N. The number of benzene rings is 2. The lowest BCUT2D eigenvalue weighted by Gasteiger charge is -2.12. The van der Waals surface area contributed by atoms with Crippen LogP contribution in [0.15, 0.2) is 53.0 Å². The Morgan fingerprint density at radius 3 is 2.19 bits per heavy atom. The van der Waals surface area contributed by atoms with Crippen molar-refractivity contribution in [2.45, 2.75) is 34.1 Å². The second kappa shape index (κ2) is 6.53. The van der Waals surface area contributed by atoms with Crippen molar-refractivity contribution in [1.82, 2.24) is 0 Å². The van der Waals surface area contributed by atoms with Gasteiger partial charge in [-0.2, -0.15) is 0 Å². The molecule has 108 valence electrons. The minimum absolute atomic E-state index is 0.960. The van der Waals surface area contributed by atoms with E-state index in [1.807, 2.05) is 6.07 Å². The Kier molecular flexibility index (Phi) is 4.74. The smallest absolute Gasteiger partial charge is 0.0697 e. The Balaban J connectivity index is 2.36. The molecule has 2 aromatic rings. The van der Waals surface area contributed by atoms with Crippen molar-refractivity contribution in [3.05, 3.63) is 70.3 Å². The van der Waals surface area contributed by atoms with Crippen molar-refractivity contribution in [2.24, 2.45) is 4.99 Å². The summed E-state index contributed by atoms with van der Waals surface area (Å²) in [7, 11) is 0. The summed E-state index contributed by atoms with van der Waals surface area (Å²) >= 11 is 0. The van der Waals surface area contributed by atoms with Crippen LogP contribution in [0.25, 0.3) is 5.57 Å². The molecule has 0 amide bonds. The van der Waals surface area contributed by atoms with Gasteiger partial charge in [-0.15, -0.1) is 0 Å². The molecular weight excluding hydrogens is 254 g/mol. The van der Waals surface area contributed by atoms with Gasteiger partial charge in [-0.1, -0.05) is 47.0 Å². The van der Waals surface area contributed by atoms with E-state index >= 15 is 0 Å². The minimum atomic E-state index is 0.960. The summed E-state index contributed by atoms with van der Waals surface area (Å²) in [6.45, 7) is 12.3. The second-order valence-corrected chi connectivity index (χ2v) is 5.75. The largest absolute Gasteiger partial charge is 0.264 e. The molecule has 0 saturated carbocycles. The molecule has 0 radical (unpaired) electrons. The van der Waals surface area contributed by atoms with E-state index in [0.29, 0.717) is 0 Å². The van der Waals surface area contributed by atoms with Gasteiger partial charge in [-0.05, 0) is 64.1 Å². The Morgan fingerprint density at radius 1 is 0.952 bits per heavy atom. The summed E-state index contributed by atoms with van der Waals surface area (Å²) < 4.78 is 0. The van der Waals surface area contributed by atoms with Gasteiger partial charge in [-0.3, -0.25) is 4.99 Å². The molecule has 1 nitrogen and oxygen atoms in total. The van der Waals surface area contributed by atoms with Crippen molar-refractivity contribution in [3.63, 3.8) is 0 Å². The van der Waals surface area contributed by atoms with Crippen LogP contribution in [0.1, 0.15) is 36.1 Å². The first-order valence-corrected chi connectivity index (χ1v) is 7.31. The van der Waals surface area contributed by atoms with E-state index in [9.17, 15) is 0 Å². The zero-order valence-corrected chi connectivity index (χ0v) is 13.4. The minimum Gasteiger partial charge on any atom is -0.264 e. The maximum Gasteiger partial charge on any atom is 0.0697 e. The maximum atomic E-state index is 4.15. The van der Waals surface area contributed by atoms with Crippen LogP contribution < -0.4 is 0 Å². The molecule has 0 aliphatic rings. The van der Waals surface area contributed by atoms with Crippen molar-refractivity contribution in [3.8, 4) is 0 Å². The van der Waals surface area contributed by atoms with Gasteiger partial charge < -0.3 is 0 Å². The highest BCUT2D eigenvalue weighted by Crippen LogP contribution is 2.30. The third-order valence-electron chi connectivity index (χ3n) is 3.96. The molecule has 2 aromatic carbocycles. The monoisotopic (exact) mass is 277 g/mol. The number of hydrogen-bond acceptors (Lipinski definition) is 1. The molecule has 0 aliphatic carbocycles. The fraction of sp³-hybridized carbons (Fsp3) is 0.250. The molecule has 0 unspecified atom stereocenters. The third kappa shape index (κ3) is 3.69. The van der Waals surface area contributed by atoms with Crippen LogP contribution in [0, 0.1) is 13.8 Å². The van der Waals surface area contributed by atoms with Gasteiger partial charge in [-0.25, -0.2) is 0 Å². The summed E-state index contributed by atoms with van der Waals surface area (Å²) in [5, 5.41) is 0. The number of aryl methyl sites for hydroxylation is 2. The Morgan fingerprint density at radius 2 is 1.57 bits per heavy atom. The van der Waals surface area contributed by atoms with E-state index in [1.165, 1.54) is 33.4 Å². The van der Waals surface area contributed by atoms with E-state index in [-0.39, 0.29) is 0 Å². The summed E-state index contributed by atoms with van der Waals surface area (Å²) in [6, 6.07) is 15.1. The van der Waals surface area contributed by atoms with Crippen molar-refractivity contribution >= 4 is 18.0 Å². The predicted molar refractivity (Wildman–Crippen MR) is 93.5 cm³/mol. The Labute approximate surface area is 128 Å². The first kappa shape index (κ1) is 15.2. The highest BCUT2D eigenvalue weighted by Gasteiger charge is 2.07. The van der Waals surface area contributed by atoms with Gasteiger partial charge in [0, 0.05) is 5.56 Å². The van der Waals surface area contributed by atoms with E-state index in [0.717, 1.165) is 12.1 Å². The van der Waals surface area contributed by atoms with Crippen LogP contribution in [0.2, 0.25) is 0 Å². The van der Waals surface area contributed by atoms with E-state index in [4.69, 9.17) is 0 Å². The highest BCUT2D eigenvalue weighted by molar-refractivity contribution is 5.77. The molecule has 0 saturated heterocycles. The predicted octanol–water partition coefficient (Wildman–Crippen LogP) is 5.67. The number of rotatable bonds is 4. The fourth-order valence-electron chi connectivity index (χ4n) is 2.46. The van der Waals surface area contributed by atoms with Gasteiger partial charge in [0.1, 0.15) is 0 Å². The topological polar surface area (TPSA) is 12.4 Å². The summed E-state index contributed by atoms with van der Waals surface area (Å²) in [5.74, 6) is 0. The van der Waals surface area contributed by atoms with E-state index in [2.05, 4.69) is 75.8 Å². The van der Waals surface area contributed by atoms with Crippen LogP contribution in [0.5, 0.6) is 0 Å². The summed E-state index contributed by atoms with van der Waals surface area (Å²) in [5.41, 5.74) is 8.71. The second-order valence-electron chi connectivity index (χ2n) is 5.75. The molecule has 0 spiro atoms. The van der Waals surface area contributed by atoms with Gasteiger partial charge in [0.15, 0.2) is 0 Å². The summed E-state index contributed by atoms with van der Waals surface area (Å²) in [6.07, 6.45) is 0.969. The first-order valence-electron chi connectivity index (χ1n) is 7.31. The summed E-state index contributed by atoms with van der Waals surface area (Å²) in [4.78, 5) is 4.15. The first-order chi connectivity index (χ1) is 10.0. The van der Waals surface area contributed by atoms with Gasteiger partial charge in [0.25, 0.3) is 0 Å². The van der Waals surface area contributed by atoms with Crippen LogP contribution in [-0.2, 0) is 6.42 Å². The number of allylic oxidation sites excluding steroid dienone is 2. The quantitative estimate of drug-likeness (QED) is 0.638. The highest BCUT2D eigenvalue weighted by atomic mass is 14.7. The zero-order valence-electron chi connectivity index (χ0n) is 13.4. The molecule has 21 heavy (non-hydrogen) atoms. The van der Waals surface area contributed by atoms with Crippen LogP contribution in [0.4, 0.5) is 5.69 Å². The lowest BCUT2D eigenvalue weighted by molar-refractivity contribution is 1.14. The fourth-order valence-corrected chi connectivity index (χ4v) is 2.46. The Hall–Kier alpha value is -2.15. The SMILES string of the molecule is C=Nc1ccc(C)cc1/C(C)=C(\C)Cc1ccc(C)cc1. The normalized spacial score (nSPS) is 12.0. The molecule has 0 heterocycles. The standard InChI is InChI=1S/C20H23N/c1-14-6-9-18(10-7-14)13-16(3)17(4)19-12-15(2)8-11-20(19)21-5/h6-12H,5,13H2,1-4H3/b17-16+. The molecule has 0 aromatic heterocycles. The van der Waals surface area contributed by atoms with Crippen molar-refractivity contribution < 1.29 is 0 Å². The van der Waals surface area contributed by atoms with Crippen molar-refractivity contribution in [2.75, 3.05) is 0 Å². The van der Waals surface area contributed by atoms with Crippen LogP contribution in [-0.4, -0.2) is 6.72 Å². The molecule has 1 heteroatoms. The molecule has 0 fully saturated rings. The maximum absolute atomic E-state index is 4.15. The average molecular weight is 277 g/mol. The van der Waals surface area contributed by atoms with Gasteiger partial charge in [0.2, 0.25) is 0 Å². The van der Waals surface area contributed by atoms with Crippen LogP contribution >= 0.6 is 0 Å². The number of nitrogens with zero attached hydrogens (tertiary/aromatic N) is 1. The number of aliphatic imine (C=N–C) groups is 1. The molecule has 0 bridgehead atoms. The van der Waals surface area contributed by atoms with Gasteiger partial charge in [0.05, 0.1) is 5.69 Å². The Bertz CT molecular complexity index is 675. The van der Waals surface area contributed by atoms with Gasteiger partial charge >= 0.3 is 0 Å². The molecule has 0 atom stereocenters. The van der Waals surface area contributed by atoms with E-state index in [1.54, 1.807) is 0 Å².